The Morgan fingerprint density at radius 2 is 1.82 bits per heavy atom. The molecule has 1 N–H and O–H groups in total. The predicted octanol–water partition coefficient (Wildman–Crippen LogP) is 2.93. The Labute approximate surface area is 165 Å². The summed E-state index contributed by atoms with van der Waals surface area (Å²) in [4.78, 5) is 20.6. The zero-order valence-corrected chi connectivity index (χ0v) is 16.4. The maximum absolute atomic E-state index is 12.3. The van der Waals surface area contributed by atoms with Crippen molar-refractivity contribution in [3.05, 3.63) is 42.2 Å². The highest BCUT2D eigenvalue weighted by molar-refractivity contribution is 5.78. The second-order valence-electron chi connectivity index (χ2n) is 6.81. The molecule has 0 bridgehead atoms. The van der Waals surface area contributed by atoms with Crippen LogP contribution in [0.1, 0.15) is 38.2 Å². The number of hydrogen-bond acceptors (Lipinski definition) is 6. The Bertz CT molecular complexity index is 759. The molecule has 1 aromatic heterocycles. The largest absolute Gasteiger partial charge is 0.494 e. The highest BCUT2D eigenvalue weighted by Crippen LogP contribution is 2.23. The number of ether oxygens (including phenoxy) is 3. The van der Waals surface area contributed by atoms with E-state index in [4.69, 9.17) is 14.2 Å². The number of carbonyl (C=O) groups is 1. The van der Waals surface area contributed by atoms with E-state index >= 15 is 0 Å². The topological polar surface area (TPSA) is 82.6 Å². The first-order valence-electron chi connectivity index (χ1n) is 9.70. The third-order valence-corrected chi connectivity index (χ3v) is 4.73. The van der Waals surface area contributed by atoms with Crippen molar-refractivity contribution >= 4 is 5.91 Å². The van der Waals surface area contributed by atoms with Crippen LogP contribution in [0.3, 0.4) is 0 Å². The molecule has 7 heteroatoms. The molecule has 1 aliphatic rings. The smallest absolute Gasteiger partial charge is 0.235 e. The van der Waals surface area contributed by atoms with E-state index in [2.05, 4.69) is 15.3 Å². The van der Waals surface area contributed by atoms with Crippen LogP contribution in [0.25, 0.3) is 0 Å². The molecule has 1 aromatic carbocycles. The first-order chi connectivity index (χ1) is 13.7. The minimum absolute atomic E-state index is 0.0483. The lowest BCUT2D eigenvalue weighted by molar-refractivity contribution is -0.121. The van der Waals surface area contributed by atoms with E-state index in [1.54, 1.807) is 19.5 Å². The van der Waals surface area contributed by atoms with E-state index in [-0.39, 0.29) is 18.1 Å². The average molecular weight is 385 g/mol. The van der Waals surface area contributed by atoms with Gasteiger partial charge >= 0.3 is 0 Å². The van der Waals surface area contributed by atoms with Crippen molar-refractivity contribution in [2.24, 2.45) is 0 Å². The van der Waals surface area contributed by atoms with Gasteiger partial charge in [0.25, 0.3) is 0 Å². The summed E-state index contributed by atoms with van der Waals surface area (Å²) in [5.41, 5.74) is 0.981. The fourth-order valence-electron chi connectivity index (χ4n) is 3.32. The SMILES string of the molecule is CCOc1ccc(CC(=O)NC2CCC(Oc3cncc(OC)n3)CC2)cc1. The van der Waals surface area contributed by atoms with Gasteiger partial charge in [0.05, 0.1) is 32.5 Å². The molecule has 0 aliphatic heterocycles. The Kier molecular flexibility index (Phi) is 7.06. The minimum atomic E-state index is 0.0483. The van der Waals surface area contributed by atoms with Crippen molar-refractivity contribution in [2.75, 3.05) is 13.7 Å². The second kappa shape index (κ2) is 9.92. The van der Waals surface area contributed by atoms with Crippen molar-refractivity contribution in [3.63, 3.8) is 0 Å². The molecule has 0 radical (unpaired) electrons. The lowest BCUT2D eigenvalue weighted by atomic mass is 9.92. The van der Waals surface area contributed by atoms with Crippen LogP contribution in [-0.2, 0) is 11.2 Å². The molecular weight excluding hydrogens is 358 g/mol. The van der Waals surface area contributed by atoms with Gasteiger partial charge in [-0.1, -0.05) is 12.1 Å². The van der Waals surface area contributed by atoms with Crippen LogP contribution in [0.5, 0.6) is 17.5 Å². The second-order valence-corrected chi connectivity index (χ2v) is 6.81. The normalized spacial score (nSPS) is 18.9. The molecule has 28 heavy (non-hydrogen) atoms. The molecule has 1 aliphatic carbocycles. The first-order valence-corrected chi connectivity index (χ1v) is 9.70. The molecule has 0 saturated heterocycles. The molecule has 0 spiro atoms. The van der Waals surface area contributed by atoms with Crippen molar-refractivity contribution in [1.29, 1.82) is 0 Å². The maximum Gasteiger partial charge on any atom is 0.235 e. The molecule has 2 aromatic rings. The molecule has 1 heterocycles. The van der Waals surface area contributed by atoms with Crippen LogP contribution in [0.2, 0.25) is 0 Å². The fraction of sp³-hybridized carbons (Fsp3) is 0.476. The van der Waals surface area contributed by atoms with E-state index in [1.165, 1.54) is 0 Å². The summed E-state index contributed by atoms with van der Waals surface area (Å²) < 4.78 is 16.4. The number of carbonyl (C=O) groups excluding carboxylic acids is 1. The number of aromatic nitrogens is 2. The number of hydrogen-bond donors (Lipinski definition) is 1. The highest BCUT2D eigenvalue weighted by atomic mass is 16.5. The number of nitrogens with zero attached hydrogens (tertiary/aromatic N) is 2. The molecule has 3 rings (SSSR count). The molecule has 1 saturated carbocycles. The van der Waals surface area contributed by atoms with Gasteiger partial charge in [0.2, 0.25) is 17.7 Å². The van der Waals surface area contributed by atoms with Crippen LogP contribution in [-0.4, -0.2) is 41.7 Å². The lowest BCUT2D eigenvalue weighted by Gasteiger charge is -2.29. The Hall–Kier alpha value is -2.83. The van der Waals surface area contributed by atoms with Gasteiger partial charge in [-0.25, -0.2) is 0 Å². The fourth-order valence-corrected chi connectivity index (χ4v) is 3.32. The maximum atomic E-state index is 12.3. The number of amides is 1. The van der Waals surface area contributed by atoms with Gasteiger partial charge in [-0.3, -0.25) is 9.78 Å². The van der Waals surface area contributed by atoms with Gasteiger partial charge in [-0.05, 0) is 50.3 Å². The Balaban J connectivity index is 1.41. The average Bonchev–Trinajstić information content (AvgIpc) is 2.71. The van der Waals surface area contributed by atoms with Crippen LogP contribution in [0.4, 0.5) is 0 Å². The number of benzene rings is 1. The van der Waals surface area contributed by atoms with E-state index in [0.29, 0.717) is 24.8 Å². The Morgan fingerprint density at radius 3 is 2.50 bits per heavy atom. The first kappa shape index (κ1) is 19.9. The predicted molar refractivity (Wildman–Crippen MR) is 105 cm³/mol. The summed E-state index contributed by atoms with van der Waals surface area (Å²) in [5, 5.41) is 3.14. The van der Waals surface area contributed by atoms with Crippen LogP contribution in [0, 0.1) is 0 Å². The number of methoxy groups -OCH3 is 1. The summed E-state index contributed by atoms with van der Waals surface area (Å²) in [6, 6.07) is 7.85. The monoisotopic (exact) mass is 385 g/mol. The van der Waals surface area contributed by atoms with Crippen molar-refractivity contribution in [2.45, 2.75) is 51.2 Å². The summed E-state index contributed by atoms with van der Waals surface area (Å²) in [6.45, 7) is 2.59. The molecule has 0 atom stereocenters. The summed E-state index contributed by atoms with van der Waals surface area (Å²) in [7, 11) is 1.55. The van der Waals surface area contributed by atoms with E-state index < -0.39 is 0 Å². The molecular formula is C21H27N3O4. The van der Waals surface area contributed by atoms with Crippen LogP contribution in [0.15, 0.2) is 36.7 Å². The van der Waals surface area contributed by atoms with Gasteiger partial charge in [0.15, 0.2) is 0 Å². The standard InChI is InChI=1S/C21H27N3O4/c1-3-27-17-8-4-15(5-9-17)12-19(25)23-16-6-10-18(11-7-16)28-21-14-22-13-20(24-21)26-2/h4-5,8-9,13-14,16,18H,3,6-7,10-12H2,1-2H3,(H,23,25). The summed E-state index contributed by atoms with van der Waals surface area (Å²) in [6.07, 6.45) is 7.10. The quantitative estimate of drug-likeness (QED) is 0.752. The van der Waals surface area contributed by atoms with E-state index in [1.807, 2.05) is 31.2 Å². The third-order valence-electron chi connectivity index (χ3n) is 4.73. The van der Waals surface area contributed by atoms with Gasteiger partial charge in [0.1, 0.15) is 11.9 Å². The number of rotatable bonds is 8. The van der Waals surface area contributed by atoms with Gasteiger partial charge in [0, 0.05) is 6.04 Å². The zero-order valence-electron chi connectivity index (χ0n) is 16.4. The zero-order chi connectivity index (χ0) is 19.8. The van der Waals surface area contributed by atoms with E-state index in [9.17, 15) is 4.79 Å². The molecule has 7 nitrogen and oxygen atoms in total. The van der Waals surface area contributed by atoms with Crippen molar-refractivity contribution in [1.82, 2.24) is 15.3 Å². The minimum Gasteiger partial charge on any atom is -0.494 e. The van der Waals surface area contributed by atoms with Crippen molar-refractivity contribution in [3.8, 4) is 17.5 Å². The highest BCUT2D eigenvalue weighted by Gasteiger charge is 2.24. The van der Waals surface area contributed by atoms with Crippen LogP contribution < -0.4 is 19.5 Å². The summed E-state index contributed by atoms with van der Waals surface area (Å²) in [5.74, 6) is 1.79. The lowest BCUT2D eigenvalue weighted by Crippen LogP contribution is -2.40. The molecule has 0 unspecified atom stereocenters. The van der Waals surface area contributed by atoms with Gasteiger partial charge in [-0.2, -0.15) is 4.98 Å². The third kappa shape index (κ3) is 5.84. The Morgan fingerprint density at radius 1 is 1.11 bits per heavy atom. The van der Waals surface area contributed by atoms with Crippen LogP contribution >= 0.6 is 0 Å². The number of nitrogens with one attached hydrogen (secondary N) is 1. The van der Waals surface area contributed by atoms with E-state index in [0.717, 1.165) is 37.0 Å². The van der Waals surface area contributed by atoms with Gasteiger partial charge < -0.3 is 19.5 Å². The summed E-state index contributed by atoms with van der Waals surface area (Å²) >= 11 is 0. The molecule has 1 fully saturated rings. The molecule has 150 valence electrons. The molecule has 1 amide bonds. The van der Waals surface area contributed by atoms with Gasteiger partial charge in [-0.15, -0.1) is 0 Å². The van der Waals surface area contributed by atoms with Crippen molar-refractivity contribution < 1.29 is 19.0 Å².